The molecular formula is C33H39NO3S. The third kappa shape index (κ3) is 6.16. The number of benzene rings is 3. The zero-order valence-corrected chi connectivity index (χ0v) is 24.1. The van der Waals surface area contributed by atoms with E-state index in [0.29, 0.717) is 0 Å². The van der Waals surface area contributed by atoms with Crippen LogP contribution in [0.3, 0.4) is 0 Å². The summed E-state index contributed by atoms with van der Waals surface area (Å²) in [4.78, 5) is 14.5. The quantitative estimate of drug-likeness (QED) is 0.291. The zero-order chi connectivity index (χ0) is 27.7. The Bertz CT molecular complexity index is 1320. The summed E-state index contributed by atoms with van der Waals surface area (Å²) in [7, 11) is 4.10. The van der Waals surface area contributed by atoms with Crippen molar-refractivity contribution >= 4 is 29.5 Å². The molecule has 0 amide bonds. The summed E-state index contributed by atoms with van der Waals surface area (Å²) in [5.74, 6) is -0.0825. The highest BCUT2D eigenvalue weighted by molar-refractivity contribution is 7.98. The fraction of sp³-hybridized carbons (Fsp3) is 0.364. The number of aromatic carboxylic acids is 1. The van der Waals surface area contributed by atoms with E-state index < -0.39 is 12.1 Å². The van der Waals surface area contributed by atoms with Gasteiger partial charge in [-0.3, -0.25) is 0 Å². The van der Waals surface area contributed by atoms with Crippen LogP contribution in [0.15, 0.2) is 71.6 Å². The third-order valence-corrected chi connectivity index (χ3v) is 8.83. The molecule has 2 N–H and O–H groups in total. The van der Waals surface area contributed by atoms with Gasteiger partial charge in [-0.2, -0.15) is 0 Å². The van der Waals surface area contributed by atoms with Crippen molar-refractivity contribution in [3.63, 3.8) is 0 Å². The van der Waals surface area contributed by atoms with Crippen LogP contribution in [0.4, 0.5) is 5.69 Å². The number of aliphatic hydroxyl groups excluding tert-OH is 1. The summed E-state index contributed by atoms with van der Waals surface area (Å²) < 4.78 is 0. The zero-order valence-electron chi connectivity index (χ0n) is 23.3. The standard InChI is InChI=1S/C33H39NO3S/c1-32(2)17-18-33(3,4)30-27(32)19-25(28(35)16-11-22-7-12-24(13-8-22)31(36)37)20-29(30)38-21-23-9-14-26(15-10-23)34(5)6/h7-16,19-20,28,35H,17-18,21H2,1-6H3,(H,36,37)/b16-11+. The van der Waals surface area contributed by atoms with Gasteiger partial charge >= 0.3 is 5.97 Å². The molecule has 0 heterocycles. The highest BCUT2D eigenvalue weighted by Crippen LogP contribution is 2.50. The van der Waals surface area contributed by atoms with Gasteiger partial charge in [0, 0.05) is 30.4 Å². The Morgan fingerprint density at radius 1 is 0.974 bits per heavy atom. The summed E-state index contributed by atoms with van der Waals surface area (Å²) in [6.07, 6.45) is 5.11. The van der Waals surface area contributed by atoms with E-state index in [1.54, 1.807) is 30.3 Å². The SMILES string of the molecule is CN(C)c1ccc(CSc2cc(C(O)/C=C/c3ccc(C(=O)O)cc3)cc3c2C(C)(C)CCC3(C)C)cc1. The van der Waals surface area contributed by atoms with Gasteiger partial charge in [0.1, 0.15) is 0 Å². The molecule has 0 spiro atoms. The lowest BCUT2D eigenvalue weighted by molar-refractivity contribution is 0.0697. The number of hydrogen-bond acceptors (Lipinski definition) is 4. The average Bonchev–Trinajstić information content (AvgIpc) is 2.88. The molecule has 0 fully saturated rings. The van der Waals surface area contributed by atoms with Gasteiger partial charge in [-0.05, 0) is 81.8 Å². The average molecular weight is 530 g/mol. The first-order valence-corrected chi connectivity index (χ1v) is 14.1. The second kappa shape index (κ2) is 11.0. The molecule has 3 aromatic carbocycles. The molecule has 0 aromatic heterocycles. The van der Waals surface area contributed by atoms with Gasteiger partial charge in [-0.1, -0.05) is 70.2 Å². The number of hydrogen-bond donors (Lipinski definition) is 2. The Balaban J connectivity index is 1.67. The Morgan fingerprint density at radius 3 is 2.21 bits per heavy atom. The molecule has 0 saturated carbocycles. The molecule has 4 nitrogen and oxygen atoms in total. The maximum Gasteiger partial charge on any atom is 0.335 e. The first-order valence-electron chi connectivity index (χ1n) is 13.1. The molecule has 0 saturated heterocycles. The summed E-state index contributed by atoms with van der Waals surface area (Å²) in [6.45, 7) is 9.30. The van der Waals surface area contributed by atoms with Crippen LogP contribution in [0.1, 0.15) is 84.8 Å². The lowest BCUT2D eigenvalue weighted by Crippen LogP contribution is -2.34. The van der Waals surface area contributed by atoms with Crippen molar-refractivity contribution < 1.29 is 15.0 Å². The third-order valence-electron chi connectivity index (χ3n) is 7.72. The fourth-order valence-electron chi connectivity index (χ4n) is 5.14. The van der Waals surface area contributed by atoms with Gasteiger partial charge in [0.05, 0.1) is 11.7 Å². The van der Waals surface area contributed by atoms with E-state index >= 15 is 0 Å². The van der Waals surface area contributed by atoms with E-state index in [4.69, 9.17) is 5.11 Å². The highest BCUT2D eigenvalue weighted by atomic mass is 32.2. The molecule has 0 bridgehead atoms. The Hall–Kier alpha value is -3.02. The Labute approximate surface area is 231 Å². The van der Waals surface area contributed by atoms with Crippen LogP contribution in [-0.4, -0.2) is 30.3 Å². The fourth-order valence-corrected chi connectivity index (χ4v) is 6.40. The lowest BCUT2D eigenvalue weighted by atomic mass is 9.63. The Kier molecular flexibility index (Phi) is 8.10. The first kappa shape index (κ1) is 28.0. The molecule has 5 heteroatoms. The normalized spacial score (nSPS) is 16.7. The van der Waals surface area contributed by atoms with Crippen molar-refractivity contribution in [1.82, 2.24) is 0 Å². The predicted molar refractivity (Wildman–Crippen MR) is 159 cm³/mol. The Morgan fingerprint density at radius 2 is 1.61 bits per heavy atom. The van der Waals surface area contributed by atoms with Crippen molar-refractivity contribution in [2.24, 2.45) is 0 Å². The molecule has 200 valence electrons. The smallest absolute Gasteiger partial charge is 0.335 e. The van der Waals surface area contributed by atoms with Crippen molar-refractivity contribution in [2.45, 2.75) is 68.1 Å². The number of aliphatic hydroxyl groups is 1. The second-order valence-corrected chi connectivity index (χ2v) is 12.8. The highest BCUT2D eigenvalue weighted by Gasteiger charge is 2.39. The molecule has 38 heavy (non-hydrogen) atoms. The van der Waals surface area contributed by atoms with Gasteiger partial charge in [0.15, 0.2) is 0 Å². The van der Waals surface area contributed by atoms with E-state index in [0.717, 1.165) is 29.7 Å². The van der Waals surface area contributed by atoms with Gasteiger partial charge in [-0.25, -0.2) is 4.79 Å². The number of carboxylic acid groups (broad SMARTS) is 1. The molecule has 0 aliphatic heterocycles. The molecule has 1 aliphatic rings. The minimum absolute atomic E-state index is 0.0274. The van der Waals surface area contributed by atoms with E-state index in [-0.39, 0.29) is 16.4 Å². The molecule has 3 aromatic rings. The summed E-state index contributed by atoms with van der Waals surface area (Å²) in [5, 5.41) is 20.4. The number of carboxylic acids is 1. The van der Waals surface area contributed by atoms with Gasteiger partial charge < -0.3 is 15.1 Å². The predicted octanol–water partition coefficient (Wildman–Crippen LogP) is 7.84. The topological polar surface area (TPSA) is 60.8 Å². The maximum absolute atomic E-state index is 11.2. The molecular weight excluding hydrogens is 490 g/mol. The maximum atomic E-state index is 11.2. The number of thioether (sulfide) groups is 1. The van der Waals surface area contributed by atoms with Crippen LogP contribution in [0.5, 0.6) is 0 Å². The largest absolute Gasteiger partial charge is 0.478 e. The number of anilines is 1. The number of nitrogens with zero attached hydrogens (tertiary/aromatic N) is 1. The molecule has 1 unspecified atom stereocenters. The van der Waals surface area contributed by atoms with Crippen LogP contribution in [0.25, 0.3) is 6.08 Å². The molecule has 1 aliphatic carbocycles. The second-order valence-electron chi connectivity index (χ2n) is 11.8. The number of fused-ring (bicyclic) bond motifs is 1. The lowest BCUT2D eigenvalue weighted by Gasteiger charge is -2.43. The van der Waals surface area contributed by atoms with Crippen molar-refractivity contribution in [1.29, 1.82) is 0 Å². The first-order chi connectivity index (χ1) is 17.9. The molecule has 4 rings (SSSR count). The van der Waals surface area contributed by atoms with Crippen molar-refractivity contribution in [3.8, 4) is 0 Å². The minimum atomic E-state index is -0.946. The summed E-state index contributed by atoms with van der Waals surface area (Å²) in [6, 6.07) is 19.8. The van der Waals surface area contributed by atoms with Gasteiger partial charge in [0.2, 0.25) is 0 Å². The molecule has 1 atom stereocenters. The van der Waals surface area contributed by atoms with Crippen LogP contribution in [0, 0.1) is 0 Å². The van der Waals surface area contributed by atoms with Crippen LogP contribution in [-0.2, 0) is 16.6 Å². The monoisotopic (exact) mass is 529 g/mol. The van der Waals surface area contributed by atoms with E-state index in [1.807, 2.05) is 17.8 Å². The van der Waals surface area contributed by atoms with Crippen LogP contribution in [0.2, 0.25) is 0 Å². The number of rotatable bonds is 8. The molecule has 0 radical (unpaired) electrons. The van der Waals surface area contributed by atoms with Gasteiger partial charge in [-0.15, -0.1) is 11.8 Å². The number of carbonyl (C=O) groups is 1. The van der Waals surface area contributed by atoms with Crippen LogP contribution < -0.4 is 4.90 Å². The van der Waals surface area contributed by atoms with E-state index in [2.05, 4.69) is 83.1 Å². The van der Waals surface area contributed by atoms with Crippen molar-refractivity contribution in [2.75, 3.05) is 19.0 Å². The van der Waals surface area contributed by atoms with E-state index in [9.17, 15) is 9.90 Å². The minimum Gasteiger partial charge on any atom is -0.478 e. The van der Waals surface area contributed by atoms with Crippen molar-refractivity contribution in [3.05, 3.63) is 100 Å². The summed E-state index contributed by atoms with van der Waals surface area (Å²) in [5.41, 5.74) is 7.28. The van der Waals surface area contributed by atoms with Crippen LogP contribution >= 0.6 is 11.8 Å². The summed E-state index contributed by atoms with van der Waals surface area (Å²) >= 11 is 1.85. The van der Waals surface area contributed by atoms with E-state index in [1.165, 1.54) is 27.3 Å². The van der Waals surface area contributed by atoms with Gasteiger partial charge in [0.25, 0.3) is 0 Å².